The number of aliphatic hydroxyl groups is 1. The van der Waals surface area contributed by atoms with Crippen LogP contribution in [0.1, 0.15) is 11.1 Å². The maximum atomic E-state index is 9.91. The molecule has 0 unspecified atom stereocenters. The molecule has 0 atom stereocenters. The van der Waals surface area contributed by atoms with Crippen LogP contribution in [-0.4, -0.2) is 23.4 Å². The van der Waals surface area contributed by atoms with Gasteiger partial charge in [0.05, 0.1) is 11.6 Å². The lowest BCUT2D eigenvalue weighted by Crippen LogP contribution is -2.14. The van der Waals surface area contributed by atoms with Gasteiger partial charge in [0, 0.05) is 29.2 Å². The Kier molecular flexibility index (Phi) is 6.34. The molecule has 2 aromatic carbocycles. The van der Waals surface area contributed by atoms with E-state index in [2.05, 4.69) is 5.32 Å². The minimum atomic E-state index is -0.0311. The summed E-state index contributed by atoms with van der Waals surface area (Å²) in [5, 5.41) is 22.7. The number of phenols is 1. The Hall–Kier alpha value is -1.46. The highest BCUT2D eigenvalue weighted by Gasteiger charge is 2.08. The molecule has 0 aromatic heterocycles. The van der Waals surface area contributed by atoms with E-state index in [1.165, 1.54) is 6.07 Å². The van der Waals surface area contributed by atoms with Gasteiger partial charge in [-0.15, -0.1) is 0 Å². The van der Waals surface area contributed by atoms with Gasteiger partial charge in [-0.25, -0.2) is 0 Å². The van der Waals surface area contributed by atoms with Crippen molar-refractivity contribution in [2.24, 2.45) is 0 Å². The van der Waals surface area contributed by atoms with Crippen LogP contribution < -0.4 is 10.1 Å². The van der Waals surface area contributed by atoms with Gasteiger partial charge < -0.3 is 20.3 Å². The fourth-order valence-electron chi connectivity index (χ4n) is 2.03. The number of hydrogen-bond acceptors (Lipinski definition) is 4. The first kappa shape index (κ1) is 16.9. The summed E-state index contributed by atoms with van der Waals surface area (Å²) in [6.45, 7) is 1.18. The number of phenolic OH excluding ortho intramolecular Hbond substituents is 1. The molecule has 2 aromatic rings. The molecular formula is C16H17Cl2NO3. The van der Waals surface area contributed by atoms with Crippen molar-refractivity contribution in [1.29, 1.82) is 0 Å². The summed E-state index contributed by atoms with van der Waals surface area (Å²) in [5.41, 5.74) is 1.59. The number of halogens is 2. The van der Waals surface area contributed by atoms with Gasteiger partial charge in [-0.1, -0.05) is 41.4 Å². The number of rotatable bonds is 7. The van der Waals surface area contributed by atoms with E-state index in [0.717, 1.165) is 11.3 Å². The molecule has 0 amide bonds. The lowest BCUT2D eigenvalue weighted by atomic mass is 10.1. The van der Waals surface area contributed by atoms with Gasteiger partial charge in [0.25, 0.3) is 0 Å². The normalized spacial score (nSPS) is 10.7. The Balaban J connectivity index is 2.00. The third-order valence-corrected chi connectivity index (χ3v) is 3.57. The van der Waals surface area contributed by atoms with Crippen molar-refractivity contribution in [3.63, 3.8) is 0 Å². The molecule has 3 N–H and O–H groups in total. The Labute approximate surface area is 139 Å². The first-order valence-electron chi connectivity index (χ1n) is 6.81. The highest BCUT2D eigenvalue weighted by Crippen LogP contribution is 2.31. The van der Waals surface area contributed by atoms with Crippen LogP contribution in [0.3, 0.4) is 0 Å². The van der Waals surface area contributed by atoms with Crippen molar-refractivity contribution in [3.05, 3.63) is 57.6 Å². The number of hydrogen-bond donors (Lipinski definition) is 3. The lowest BCUT2D eigenvalue weighted by molar-refractivity contribution is 0.200. The molecule has 0 aliphatic rings. The van der Waals surface area contributed by atoms with Crippen LogP contribution in [0.25, 0.3) is 0 Å². The van der Waals surface area contributed by atoms with E-state index in [1.54, 1.807) is 6.07 Å². The van der Waals surface area contributed by atoms with E-state index >= 15 is 0 Å². The smallest absolute Gasteiger partial charge is 0.138 e. The lowest BCUT2D eigenvalue weighted by Gasteiger charge is -2.12. The van der Waals surface area contributed by atoms with E-state index in [9.17, 15) is 5.11 Å². The number of aliphatic hydroxyl groups excluding tert-OH is 1. The summed E-state index contributed by atoms with van der Waals surface area (Å²) in [6.07, 6.45) is 0. The number of ether oxygens (including phenoxy) is 1. The predicted octanol–water partition coefficient (Wildman–Crippen LogP) is 3.36. The van der Waals surface area contributed by atoms with Crippen molar-refractivity contribution in [3.8, 4) is 11.5 Å². The zero-order chi connectivity index (χ0) is 15.9. The zero-order valence-electron chi connectivity index (χ0n) is 11.9. The first-order chi connectivity index (χ1) is 10.6. The molecule has 0 heterocycles. The average molecular weight is 342 g/mol. The van der Waals surface area contributed by atoms with E-state index in [0.29, 0.717) is 23.7 Å². The van der Waals surface area contributed by atoms with Crippen molar-refractivity contribution in [2.45, 2.75) is 13.1 Å². The van der Waals surface area contributed by atoms with Crippen LogP contribution >= 0.6 is 23.2 Å². The summed E-state index contributed by atoms with van der Waals surface area (Å²) in [4.78, 5) is 0. The minimum absolute atomic E-state index is 0.0309. The van der Waals surface area contributed by atoms with Crippen molar-refractivity contribution < 1.29 is 14.9 Å². The topological polar surface area (TPSA) is 61.7 Å². The second kappa shape index (κ2) is 8.25. The second-order valence-corrected chi connectivity index (χ2v) is 5.52. The largest absolute Gasteiger partial charge is 0.506 e. The highest BCUT2D eigenvalue weighted by atomic mass is 35.5. The molecule has 0 bridgehead atoms. The van der Waals surface area contributed by atoms with E-state index < -0.39 is 0 Å². The SMILES string of the molecule is OCCOc1ccccc1CNCc1cc(Cl)cc(Cl)c1O. The van der Waals surface area contributed by atoms with Crippen LogP contribution in [0.15, 0.2) is 36.4 Å². The highest BCUT2D eigenvalue weighted by molar-refractivity contribution is 6.35. The molecule has 0 saturated carbocycles. The van der Waals surface area contributed by atoms with E-state index in [-0.39, 0.29) is 24.0 Å². The fraction of sp³-hybridized carbons (Fsp3) is 0.250. The van der Waals surface area contributed by atoms with Gasteiger partial charge in [-0.2, -0.15) is 0 Å². The average Bonchev–Trinajstić information content (AvgIpc) is 2.51. The maximum absolute atomic E-state index is 9.91. The minimum Gasteiger partial charge on any atom is -0.506 e. The molecule has 0 radical (unpaired) electrons. The van der Waals surface area contributed by atoms with Crippen LogP contribution in [0, 0.1) is 0 Å². The Bertz CT molecular complexity index is 635. The van der Waals surface area contributed by atoms with Crippen LogP contribution in [-0.2, 0) is 13.1 Å². The number of nitrogens with one attached hydrogen (secondary N) is 1. The summed E-state index contributed by atoms with van der Waals surface area (Å²) >= 11 is 11.8. The standard InChI is InChI=1S/C16H17Cl2NO3/c17-13-7-12(16(21)14(18)8-13)10-19-9-11-3-1-2-4-15(11)22-6-5-20/h1-4,7-8,19-21H,5-6,9-10H2. The van der Waals surface area contributed by atoms with E-state index in [1.807, 2.05) is 24.3 Å². The number of benzene rings is 2. The van der Waals surface area contributed by atoms with Gasteiger partial charge in [0.2, 0.25) is 0 Å². The molecule has 0 saturated heterocycles. The molecular weight excluding hydrogens is 325 g/mol. The molecule has 2 rings (SSSR count). The third kappa shape index (κ3) is 4.52. The summed E-state index contributed by atoms with van der Waals surface area (Å²) < 4.78 is 5.47. The Morgan fingerprint density at radius 3 is 2.55 bits per heavy atom. The first-order valence-corrected chi connectivity index (χ1v) is 7.56. The van der Waals surface area contributed by atoms with Crippen molar-refractivity contribution in [1.82, 2.24) is 5.32 Å². The second-order valence-electron chi connectivity index (χ2n) is 4.68. The van der Waals surface area contributed by atoms with Gasteiger partial charge in [-0.3, -0.25) is 0 Å². The van der Waals surface area contributed by atoms with Gasteiger partial charge in [0.1, 0.15) is 18.1 Å². The molecule has 0 aliphatic heterocycles. The molecule has 0 spiro atoms. The van der Waals surface area contributed by atoms with Gasteiger partial charge in [0.15, 0.2) is 0 Å². The Morgan fingerprint density at radius 2 is 1.77 bits per heavy atom. The predicted molar refractivity (Wildman–Crippen MR) is 87.7 cm³/mol. The third-order valence-electron chi connectivity index (χ3n) is 3.06. The van der Waals surface area contributed by atoms with Crippen LogP contribution in [0.5, 0.6) is 11.5 Å². The molecule has 6 heteroatoms. The summed E-state index contributed by atoms with van der Waals surface area (Å²) in [7, 11) is 0. The Morgan fingerprint density at radius 1 is 1.05 bits per heavy atom. The number of aromatic hydroxyl groups is 1. The maximum Gasteiger partial charge on any atom is 0.138 e. The van der Waals surface area contributed by atoms with Crippen LogP contribution in [0.4, 0.5) is 0 Å². The summed E-state index contributed by atoms with van der Waals surface area (Å²) in [5.74, 6) is 0.751. The van der Waals surface area contributed by atoms with Crippen molar-refractivity contribution in [2.75, 3.05) is 13.2 Å². The molecule has 0 fully saturated rings. The molecule has 22 heavy (non-hydrogen) atoms. The zero-order valence-corrected chi connectivity index (χ0v) is 13.4. The molecule has 118 valence electrons. The molecule has 0 aliphatic carbocycles. The summed E-state index contributed by atoms with van der Waals surface area (Å²) in [6, 6.07) is 10.7. The monoisotopic (exact) mass is 341 g/mol. The van der Waals surface area contributed by atoms with Crippen LogP contribution in [0.2, 0.25) is 10.0 Å². The van der Waals surface area contributed by atoms with Gasteiger partial charge in [-0.05, 0) is 18.2 Å². The quantitative estimate of drug-likeness (QED) is 0.722. The molecule has 4 nitrogen and oxygen atoms in total. The van der Waals surface area contributed by atoms with E-state index in [4.69, 9.17) is 33.0 Å². The fourth-order valence-corrected chi connectivity index (χ4v) is 2.57. The number of para-hydroxylation sites is 1. The van der Waals surface area contributed by atoms with Gasteiger partial charge >= 0.3 is 0 Å². The van der Waals surface area contributed by atoms with Crippen molar-refractivity contribution >= 4 is 23.2 Å².